The van der Waals surface area contributed by atoms with Crippen molar-refractivity contribution in [1.82, 2.24) is 25.3 Å². The molecule has 2 heterocycles. The molecule has 0 bridgehead atoms. The molecule has 0 saturated heterocycles. The fraction of sp³-hybridized carbons (Fsp3) is 0.174. The highest BCUT2D eigenvalue weighted by Gasteiger charge is 2.24. The third-order valence-electron chi connectivity index (χ3n) is 5.14. The summed E-state index contributed by atoms with van der Waals surface area (Å²) in [5.74, 6) is 0.445. The third kappa shape index (κ3) is 4.00. The molecule has 5 rings (SSSR count). The molecule has 32 heavy (non-hydrogen) atoms. The highest BCUT2D eigenvalue weighted by molar-refractivity contribution is 5.96. The first-order valence-electron chi connectivity index (χ1n) is 10.3. The molecule has 1 saturated carbocycles. The topological polar surface area (TPSA) is 139 Å². The minimum Gasteiger partial charge on any atom is -0.369 e. The van der Waals surface area contributed by atoms with Crippen molar-refractivity contribution in [3.05, 3.63) is 54.1 Å². The predicted octanol–water partition coefficient (Wildman–Crippen LogP) is 3.12. The number of imidazole rings is 1. The zero-order valence-corrected chi connectivity index (χ0v) is 17.3. The Morgan fingerprint density at radius 1 is 1.03 bits per heavy atom. The summed E-state index contributed by atoms with van der Waals surface area (Å²) < 4.78 is 0. The van der Waals surface area contributed by atoms with E-state index in [0.29, 0.717) is 40.0 Å². The molecule has 0 radical (unpaired) electrons. The first-order chi connectivity index (χ1) is 15.5. The van der Waals surface area contributed by atoms with Gasteiger partial charge in [-0.2, -0.15) is 4.98 Å². The number of rotatable bonds is 5. The second-order valence-corrected chi connectivity index (χ2v) is 7.80. The zero-order valence-electron chi connectivity index (χ0n) is 17.3. The van der Waals surface area contributed by atoms with E-state index in [1.165, 1.54) is 6.92 Å². The van der Waals surface area contributed by atoms with Crippen LogP contribution in [0.5, 0.6) is 0 Å². The van der Waals surface area contributed by atoms with Crippen molar-refractivity contribution in [2.45, 2.75) is 25.8 Å². The van der Waals surface area contributed by atoms with Gasteiger partial charge in [0.25, 0.3) is 5.91 Å². The van der Waals surface area contributed by atoms with Crippen LogP contribution in [0.25, 0.3) is 33.8 Å². The molecule has 0 atom stereocenters. The van der Waals surface area contributed by atoms with E-state index in [0.717, 1.165) is 24.0 Å². The minimum absolute atomic E-state index is 0.0758. The Bertz CT molecular complexity index is 1340. The van der Waals surface area contributed by atoms with Gasteiger partial charge >= 0.3 is 0 Å². The number of nitrogens with one attached hydrogen (secondary N) is 3. The number of H-pyrrole nitrogens is 1. The molecule has 0 spiro atoms. The van der Waals surface area contributed by atoms with Crippen molar-refractivity contribution in [3.63, 3.8) is 0 Å². The van der Waals surface area contributed by atoms with Crippen LogP contribution in [0.3, 0.4) is 0 Å². The normalized spacial score (nSPS) is 13.2. The fourth-order valence-corrected chi connectivity index (χ4v) is 3.47. The minimum atomic E-state index is -0.162. The van der Waals surface area contributed by atoms with Gasteiger partial charge in [-0.05, 0) is 37.1 Å². The Kier molecular flexibility index (Phi) is 4.78. The van der Waals surface area contributed by atoms with Crippen molar-refractivity contribution in [3.8, 4) is 22.6 Å². The van der Waals surface area contributed by atoms with E-state index in [4.69, 9.17) is 10.7 Å². The predicted molar refractivity (Wildman–Crippen MR) is 122 cm³/mol. The Hall–Kier alpha value is -4.27. The average molecular weight is 427 g/mol. The van der Waals surface area contributed by atoms with Gasteiger partial charge in [-0.3, -0.25) is 9.59 Å². The van der Waals surface area contributed by atoms with Crippen LogP contribution in [0.4, 0.5) is 11.6 Å². The number of aromatic amines is 1. The Morgan fingerprint density at radius 3 is 2.53 bits per heavy atom. The van der Waals surface area contributed by atoms with E-state index in [1.54, 1.807) is 24.3 Å². The Labute approximate surface area is 183 Å². The number of amides is 2. The lowest BCUT2D eigenvalue weighted by Gasteiger charge is -2.09. The lowest BCUT2D eigenvalue weighted by atomic mass is 10.1. The monoisotopic (exact) mass is 427 g/mol. The molecular weight excluding hydrogens is 406 g/mol. The van der Waals surface area contributed by atoms with Gasteiger partial charge in [0.2, 0.25) is 5.91 Å². The lowest BCUT2D eigenvalue weighted by Crippen LogP contribution is -2.25. The van der Waals surface area contributed by atoms with Gasteiger partial charge in [0.05, 0.1) is 0 Å². The van der Waals surface area contributed by atoms with Gasteiger partial charge in [0, 0.05) is 35.3 Å². The number of aromatic nitrogens is 4. The van der Waals surface area contributed by atoms with E-state index in [2.05, 4.69) is 25.6 Å². The van der Waals surface area contributed by atoms with Gasteiger partial charge in [-0.15, -0.1) is 0 Å². The molecule has 2 aromatic carbocycles. The van der Waals surface area contributed by atoms with Gasteiger partial charge in [0.15, 0.2) is 17.4 Å². The van der Waals surface area contributed by atoms with Crippen LogP contribution in [0, 0.1) is 0 Å². The van der Waals surface area contributed by atoms with E-state index >= 15 is 0 Å². The van der Waals surface area contributed by atoms with Crippen molar-refractivity contribution in [2.75, 3.05) is 11.1 Å². The van der Waals surface area contributed by atoms with Crippen molar-refractivity contribution < 1.29 is 9.59 Å². The highest BCUT2D eigenvalue weighted by Crippen LogP contribution is 2.29. The fourth-order valence-electron chi connectivity index (χ4n) is 3.47. The molecule has 5 N–H and O–H groups in total. The molecule has 1 aliphatic carbocycles. The first kappa shape index (κ1) is 19.7. The number of hydrogen-bond acceptors (Lipinski definition) is 6. The van der Waals surface area contributed by atoms with Crippen LogP contribution >= 0.6 is 0 Å². The number of nitrogen functional groups attached to an aromatic ring is 1. The van der Waals surface area contributed by atoms with Crippen LogP contribution in [0.2, 0.25) is 0 Å². The Morgan fingerprint density at radius 2 is 1.81 bits per heavy atom. The summed E-state index contributed by atoms with van der Waals surface area (Å²) in [7, 11) is 0. The van der Waals surface area contributed by atoms with Gasteiger partial charge in [-0.25, -0.2) is 9.97 Å². The number of hydrogen-bond donors (Lipinski definition) is 4. The number of carbonyl (C=O) groups is 2. The largest absolute Gasteiger partial charge is 0.369 e. The van der Waals surface area contributed by atoms with Crippen LogP contribution < -0.4 is 16.4 Å². The van der Waals surface area contributed by atoms with Gasteiger partial charge in [0.1, 0.15) is 11.2 Å². The molecule has 2 amide bonds. The molecule has 2 aromatic heterocycles. The van der Waals surface area contributed by atoms with Crippen molar-refractivity contribution >= 4 is 34.6 Å². The van der Waals surface area contributed by atoms with E-state index in [-0.39, 0.29) is 17.8 Å². The second-order valence-electron chi connectivity index (χ2n) is 7.80. The number of nitrogens with two attached hydrogens (primary N) is 1. The molecular formula is C23H21N7O2. The summed E-state index contributed by atoms with van der Waals surface area (Å²) in [4.78, 5) is 40.3. The average Bonchev–Trinajstić information content (AvgIpc) is 3.50. The summed E-state index contributed by atoms with van der Waals surface area (Å²) in [6, 6.07) is 14.8. The Balaban J connectivity index is 1.55. The lowest BCUT2D eigenvalue weighted by molar-refractivity contribution is -0.114. The molecule has 0 aliphatic heterocycles. The molecule has 1 fully saturated rings. The molecule has 4 aromatic rings. The smallest absolute Gasteiger partial charge is 0.251 e. The second kappa shape index (κ2) is 7.77. The van der Waals surface area contributed by atoms with Crippen LogP contribution in [0.1, 0.15) is 30.1 Å². The van der Waals surface area contributed by atoms with Crippen molar-refractivity contribution in [1.29, 1.82) is 0 Å². The maximum atomic E-state index is 12.3. The summed E-state index contributed by atoms with van der Waals surface area (Å²) in [5.41, 5.74) is 10.3. The molecule has 9 nitrogen and oxygen atoms in total. The summed E-state index contributed by atoms with van der Waals surface area (Å²) in [6.07, 6.45) is 2.08. The number of anilines is 2. The summed E-state index contributed by atoms with van der Waals surface area (Å²) >= 11 is 0. The van der Waals surface area contributed by atoms with Gasteiger partial charge in [-0.1, -0.05) is 24.3 Å². The van der Waals surface area contributed by atoms with Crippen molar-refractivity contribution in [2.24, 2.45) is 0 Å². The standard InChI is InChI=1S/C23H21N7O2/c1-12(31)25-17-4-2-3-15(11-17)20-27-18(19-21(29-20)30-23(24)28-19)13-5-7-14(8-6-13)22(32)26-16-9-10-16/h2-8,11,16H,9-10H2,1H3,(H,25,31)(H,26,32)(H3,24,27,28,29,30). The summed E-state index contributed by atoms with van der Waals surface area (Å²) in [6.45, 7) is 1.45. The van der Waals surface area contributed by atoms with Crippen LogP contribution in [0.15, 0.2) is 48.5 Å². The highest BCUT2D eigenvalue weighted by atomic mass is 16.2. The number of fused-ring (bicyclic) bond motifs is 1. The van der Waals surface area contributed by atoms with E-state index < -0.39 is 0 Å². The molecule has 160 valence electrons. The quantitative estimate of drug-likeness (QED) is 0.386. The van der Waals surface area contributed by atoms with E-state index in [9.17, 15) is 9.59 Å². The van der Waals surface area contributed by atoms with Crippen LogP contribution in [-0.4, -0.2) is 37.8 Å². The summed E-state index contributed by atoms with van der Waals surface area (Å²) in [5, 5.41) is 5.75. The molecule has 0 unspecified atom stereocenters. The number of carbonyl (C=O) groups excluding carboxylic acids is 2. The number of nitrogens with zero attached hydrogens (tertiary/aromatic N) is 3. The number of benzene rings is 2. The molecule has 9 heteroatoms. The van der Waals surface area contributed by atoms with Crippen LogP contribution in [-0.2, 0) is 4.79 Å². The third-order valence-corrected chi connectivity index (χ3v) is 5.14. The maximum absolute atomic E-state index is 12.3. The maximum Gasteiger partial charge on any atom is 0.251 e. The van der Waals surface area contributed by atoms with E-state index in [1.807, 2.05) is 24.3 Å². The van der Waals surface area contributed by atoms with Gasteiger partial charge < -0.3 is 21.4 Å². The SMILES string of the molecule is CC(=O)Nc1cccc(-c2nc(-c3ccc(C(=O)NC4CC4)cc3)c3[nH]c(N)nc3n2)c1. The zero-order chi connectivity index (χ0) is 22.2. The molecule has 1 aliphatic rings. The first-order valence-corrected chi connectivity index (χ1v) is 10.3.